The topological polar surface area (TPSA) is 73.2 Å². The first-order valence-corrected chi connectivity index (χ1v) is 8.36. The maximum Gasteiger partial charge on any atom is 0.263 e. The van der Waals surface area contributed by atoms with Gasteiger partial charge in [0.2, 0.25) is 0 Å². The summed E-state index contributed by atoms with van der Waals surface area (Å²) in [6.45, 7) is 3.13. The minimum atomic E-state index is -3.84. The van der Waals surface area contributed by atoms with Crippen molar-refractivity contribution in [1.29, 1.82) is 0 Å². The van der Waals surface area contributed by atoms with Gasteiger partial charge in [0.15, 0.2) is 5.82 Å². The van der Waals surface area contributed by atoms with E-state index in [-0.39, 0.29) is 16.8 Å². The van der Waals surface area contributed by atoms with Crippen LogP contribution in [-0.4, -0.2) is 30.7 Å². The Kier molecular flexibility index (Phi) is 5.19. The van der Waals surface area contributed by atoms with Crippen molar-refractivity contribution in [1.82, 2.24) is 9.78 Å². The van der Waals surface area contributed by atoms with E-state index in [9.17, 15) is 17.2 Å². The van der Waals surface area contributed by atoms with Gasteiger partial charge in [0.25, 0.3) is 16.4 Å². The van der Waals surface area contributed by atoms with Gasteiger partial charge in [-0.1, -0.05) is 0 Å². The summed E-state index contributed by atoms with van der Waals surface area (Å²) < 4.78 is 57.6. The summed E-state index contributed by atoms with van der Waals surface area (Å²) >= 11 is 0. The molecule has 1 N–H and O–H groups in total. The monoisotopic (exact) mass is 345 g/mol. The first-order chi connectivity index (χ1) is 10.8. The lowest BCUT2D eigenvalue weighted by molar-refractivity contribution is 0.122. The van der Waals surface area contributed by atoms with Crippen LogP contribution in [0.25, 0.3) is 0 Å². The van der Waals surface area contributed by atoms with Crippen LogP contribution in [0.2, 0.25) is 0 Å². The molecule has 9 heteroatoms. The van der Waals surface area contributed by atoms with E-state index >= 15 is 0 Å². The first-order valence-electron chi connectivity index (χ1n) is 6.87. The van der Waals surface area contributed by atoms with Gasteiger partial charge < -0.3 is 4.74 Å². The highest BCUT2D eigenvalue weighted by atomic mass is 32.2. The Morgan fingerprint density at radius 3 is 2.43 bits per heavy atom. The second kappa shape index (κ2) is 6.95. The molecule has 126 valence electrons. The van der Waals surface area contributed by atoms with Crippen LogP contribution in [0.15, 0.2) is 41.4 Å². The van der Waals surface area contributed by atoms with Crippen molar-refractivity contribution < 1.29 is 21.9 Å². The van der Waals surface area contributed by atoms with E-state index in [0.29, 0.717) is 5.75 Å². The highest BCUT2D eigenvalue weighted by molar-refractivity contribution is 7.92. The quantitative estimate of drug-likeness (QED) is 0.837. The van der Waals surface area contributed by atoms with Crippen LogP contribution < -0.4 is 9.46 Å². The molecule has 6 nitrogen and oxygen atoms in total. The number of halogens is 2. The molecule has 0 fully saturated rings. The zero-order valence-corrected chi connectivity index (χ0v) is 13.4. The van der Waals surface area contributed by atoms with Crippen LogP contribution in [0.5, 0.6) is 5.75 Å². The Labute approximate surface area is 133 Å². The third-order valence-electron chi connectivity index (χ3n) is 2.71. The van der Waals surface area contributed by atoms with Gasteiger partial charge >= 0.3 is 0 Å². The van der Waals surface area contributed by atoms with Gasteiger partial charge in [0, 0.05) is 12.3 Å². The Bertz CT molecular complexity index is 743. The Hall–Kier alpha value is -2.16. The summed E-state index contributed by atoms with van der Waals surface area (Å²) in [6, 6.07) is 7.20. The summed E-state index contributed by atoms with van der Waals surface area (Å²) in [5.41, 5.74) is 0. The molecule has 0 saturated carbocycles. The molecule has 0 atom stereocenters. The number of nitrogens with zero attached hydrogens (tertiary/aromatic N) is 2. The summed E-state index contributed by atoms with van der Waals surface area (Å²) in [5.74, 6) is 0.535. The van der Waals surface area contributed by atoms with Crippen molar-refractivity contribution in [2.24, 2.45) is 0 Å². The van der Waals surface area contributed by atoms with Crippen LogP contribution in [-0.2, 0) is 16.6 Å². The van der Waals surface area contributed by atoms with E-state index in [1.807, 2.05) is 13.8 Å². The number of alkyl halides is 2. The normalized spacial score (nSPS) is 11.9. The number of hydrogen-bond acceptors (Lipinski definition) is 4. The molecule has 1 aromatic carbocycles. The maximum atomic E-state index is 12.2. The number of nitrogens with one attached hydrogen (secondary N) is 1. The predicted molar refractivity (Wildman–Crippen MR) is 81.2 cm³/mol. The van der Waals surface area contributed by atoms with Crippen molar-refractivity contribution in [2.45, 2.75) is 37.8 Å². The predicted octanol–water partition coefficient (Wildman–Crippen LogP) is 2.74. The van der Waals surface area contributed by atoms with Crippen molar-refractivity contribution in [3.05, 3.63) is 36.5 Å². The minimum Gasteiger partial charge on any atom is -0.491 e. The molecule has 0 spiro atoms. The van der Waals surface area contributed by atoms with E-state index in [4.69, 9.17) is 4.74 Å². The molecule has 0 saturated heterocycles. The van der Waals surface area contributed by atoms with E-state index in [1.165, 1.54) is 24.4 Å². The third-order valence-corrected chi connectivity index (χ3v) is 4.08. The molecule has 0 aliphatic rings. The van der Waals surface area contributed by atoms with Gasteiger partial charge in [-0.2, -0.15) is 5.10 Å². The molecule has 1 aromatic heterocycles. The van der Waals surface area contributed by atoms with Crippen molar-refractivity contribution >= 4 is 15.8 Å². The standard InChI is InChI=1S/C14H17F2N3O3S/c1-10(2)22-11-3-5-12(6-4-11)23(20,21)18-14-7-8-19(17-14)9-13(15)16/h3-8,10,13H,9H2,1-2H3,(H,17,18). The molecular formula is C14H17F2N3O3S. The van der Waals surface area contributed by atoms with Crippen LogP contribution in [0.4, 0.5) is 14.6 Å². The summed E-state index contributed by atoms with van der Waals surface area (Å²) in [5, 5.41) is 3.74. The summed E-state index contributed by atoms with van der Waals surface area (Å²) in [7, 11) is -3.84. The van der Waals surface area contributed by atoms with Crippen LogP contribution >= 0.6 is 0 Å². The zero-order chi connectivity index (χ0) is 17.0. The highest BCUT2D eigenvalue weighted by Crippen LogP contribution is 2.19. The average molecular weight is 345 g/mol. The second-order valence-electron chi connectivity index (χ2n) is 5.06. The molecule has 0 unspecified atom stereocenters. The molecule has 0 aliphatic carbocycles. The van der Waals surface area contributed by atoms with Gasteiger partial charge in [0.05, 0.1) is 11.0 Å². The number of rotatable bonds is 7. The van der Waals surface area contributed by atoms with Gasteiger partial charge in [-0.15, -0.1) is 0 Å². The SMILES string of the molecule is CC(C)Oc1ccc(S(=O)(=O)Nc2ccn(CC(F)F)n2)cc1. The number of sulfonamides is 1. The van der Waals surface area contributed by atoms with Crippen molar-refractivity contribution in [3.63, 3.8) is 0 Å². The fraction of sp³-hybridized carbons (Fsp3) is 0.357. The van der Waals surface area contributed by atoms with Gasteiger partial charge in [-0.3, -0.25) is 9.40 Å². The summed E-state index contributed by atoms with van der Waals surface area (Å²) in [4.78, 5) is 0.0250. The Morgan fingerprint density at radius 1 is 1.22 bits per heavy atom. The van der Waals surface area contributed by atoms with E-state index < -0.39 is 23.0 Å². The lowest BCUT2D eigenvalue weighted by atomic mass is 10.3. The fourth-order valence-corrected chi connectivity index (χ4v) is 2.82. The molecule has 23 heavy (non-hydrogen) atoms. The highest BCUT2D eigenvalue weighted by Gasteiger charge is 2.16. The number of aromatic nitrogens is 2. The lowest BCUT2D eigenvalue weighted by Crippen LogP contribution is -2.14. The van der Waals surface area contributed by atoms with E-state index in [0.717, 1.165) is 4.68 Å². The Balaban J connectivity index is 2.10. The molecular weight excluding hydrogens is 328 g/mol. The average Bonchev–Trinajstić information content (AvgIpc) is 2.84. The lowest BCUT2D eigenvalue weighted by Gasteiger charge is -2.10. The van der Waals surface area contributed by atoms with Crippen LogP contribution in [0.3, 0.4) is 0 Å². The number of ether oxygens (including phenoxy) is 1. The molecule has 0 radical (unpaired) electrons. The number of benzene rings is 1. The second-order valence-corrected chi connectivity index (χ2v) is 6.74. The molecule has 1 heterocycles. The summed E-state index contributed by atoms with van der Waals surface area (Å²) in [6.07, 6.45) is -1.30. The smallest absolute Gasteiger partial charge is 0.263 e. The first kappa shape index (κ1) is 17.2. The van der Waals surface area contributed by atoms with Gasteiger partial charge in [-0.25, -0.2) is 17.2 Å². The minimum absolute atomic E-state index is 0.0191. The van der Waals surface area contributed by atoms with Crippen LogP contribution in [0.1, 0.15) is 13.8 Å². The van der Waals surface area contributed by atoms with Gasteiger partial charge in [-0.05, 0) is 38.1 Å². The van der Waals surface area contributed by atoms with Crippen molar-refractivity contribution in [2.75, 3.05) is 4.72 Å². The number of hydrogen-bond donors (Lipinski definition) is 1. The van der Waals surface area contributed by atoms with E-state index in [1.54, 1.807) is 12.1 Å². The maximum absolute atomic E-state index is 12.2. The molecule has 2 aromatic rings. The molecule has 0 amide bonds. The zero-order valence-electron chi connectivity index (χ0n) is 12.6. The number of anilines is 1. The Morgan fingerprint density at radius 2 is 1.87 bits per heavy atom. The fourth-order valence-electron chi connectivity index (χ4n) is 1.83. The molecule has 0 bridgehead atoms. The van der Waals surface area contributed by atoms with Crippen molar-refractivity contribution in [3.8, 4) is 5.75 Å². The van der Waals surface area contributed by atoms with Gasteiger partial charge in [0.1, 0.15) is 12.3 Å². The van der Waals surface area contributed by atoms with E-state index in [2.05, 4.69) is 9.82 Å². The largest absolute Gasteiger partial charge is 0.491 e. The molecule has 2 rings (SSSR count). The third kappa shape index (κ3) is 4.92. The molecule has 0 aliphatic heterocycles. The van der Waals surface area contributed by atoms with Crippen LogP contribution in [0, 0.1) is 0 Å².